The maximum atomic E-state index is 13.6. The molecule has 138 valence electrons. The molecule has 0 atom stereocenters. The molecule has 4 rings (SSSR count). The van der Waals surface area contributed by atoms with E-state index < -0.39 is 5.91 Å². The van der Waals surface area contributed by atoms with Gasteiger partial charge in [0.05, 0.1) is 0 Å². The van der Waals surface area contributed by atoms with Crippen molar-refractivity contribution in [2.24, 2.45) is 0 Å². The molecule has 6 heteroatoms. The molecule has 1 amide bonds. The van der Waals surface area contributed by atoms with E-state index in [4.69, 9.17) is 5.21 Å². The number of hydrogen-bond donors (Lipinski definition) is 3. The molecule has 0 bridgehead atoms. The van der Waals surface area contributed by atoms with Crippen LogP contribution in [-0.4, -0.2) is 27.5 Å². The molecule has 3 aromatic rings. The molecule has 1 aliphatic rings. The Morgan fingerprint density at radius 3 is 2.85 bits per heavy atom. The lowest BCUT2D eigenvalue weighted by molar-refractivity contribution is -0.124. The molecule has 0 spiro atoms. The summed E-state index contributed by atoms with van der Waals surface area (Å²) in [6.45, 7) is 2.54. The average molecular weight is 365 g/mol. The molecule has 2 aromatic carbocycles. The lowest BCUT2D eigenvalue weighted by Crippen LogP contribution is -2.29. The SMILES string of the molecule is O=C(/C=C/c1ccc(CN2CCc3[nH]c4ccc(F)cc4c3C2)cc1)NO. The average Bonchev–Trinajstić information content (AvgIpc) is 3.04. The summed E-state index contributed by atoms with van der Waals surface area (Å²) in [5.41, 5.74) is 7.00. The van der Waals surface area contributed by atoms with Crippen LogP contribution in [0.1, 0.15) is 22.4 Å². The Morgan fingerprint density at radius 2 is 2.07 bits per heavy atom. The molecule has 0 aliphatic carbocycles. The zero-order valence-corrected chi connectivity index (χ0v) is 14.7. The number of aromatic nitrogens is 1. The summed E-state index contributed by atoms with van der Waals surface area (Å²) in [6.07, 6.45) is 3.84. The fourth-order valence-electron chi connectivity index (χ4n) is 3.58. The Bertz CT molecular complexity index is 1010. The lowest BCUT2D eigenvalue weighted by atomic mass is 10.0. The van der Waals surface area contributed by atoms with Gasteiger partial charge in [0.25, 0.3) is 5.91 Å². The van der Waals surface area contributed by atoms with Gasteiger partial charge < -0.3 is 4.98 Å². The number of halogens is 1. The van der Waals surface area contributed by atoms with Crippen LogP contribution in [0.2, 0.25) is 0 Å². The Hall–Kier alpha value is -2.96. The summed E-state index contributed by atoms with van der Waals surface area (Å²) in [5.74, 6) is -0.765. The van der Waals surface area contributed by atoms with E-state index in [0.717, 1.165) is 42.5 Å². The van der Waals surface area contributed by atoms with Crippen LogP contribution in [0, 0.1) is 5.82 Å². The fraction of sp³-hybridized carbons (Fsp3) is 0.190. The van der Waals surface area contributed by atoms with Crippen molar-refractivity contribution in [1.82, 2.24) is 15.4 Å². The summed E-state index contributed by atoms with van der Waals surface area (Å²) in [4.78, 5) is 16.8. The summed E-state index contributed by atoms with van der Waals surface area (Å²) in [7, 11) is 0. The van der Waals surface area contributed by atoms with Gasteiger partial charge in [0.2, 0.25) is 0 Å². The number of aromatic amines is 1. The monoisotopic (exact) mass is 365 g/mol. The normalized spacial score (nSPS) is 14.6. The topological polar surface area (TPSA) is 68.4 Å². The second-order valence-corrected chi connectivity index (χ2v) is 6.78. The summed E-state index contributed by atoms with van der Waals surface area (Å²) >= 11 is 0. The number of nitrogens with zero attached hydrogens (tertiary/aromatic N) is 1. The van der Waals surface area contributed by atoms with Crippen LogP contribution in [0.15, 0.2) is 48.5 Å². The van der Waals surface area contributed by atoms with Crippen molar-refractivity contribution in [1.29, 1.82) is 0 Å². The Balaban J connectivity index is 1.47. The van der Waals surface area contributed by atoms with Gasteiger partial charge in [-0.05, 0) is 41.0 Å². The first-order valence-corrected chi connectivity index (χ1v) is 8.85. The van der Waals surface area contributed by atoms with Gasteiger partial charge in [-0.25, -0.2) is 9.87 Å². The van der Waals surface area contributed by atoms with Gasteiger partial charge in [-0.3, -0.25) is 14.9 Å². The molecule has 0 fully saturated rings. The molecule has 0 saturated carbocycles. The largest absolute Gasteiger partial charge is 0.358 e. The number of hydrogen-bond acceptors (Lipinski definition) is 3. The number of amides is 1. The number of H-pyrrole nitrogens is 1. The third kappa shape index (κ3) is 3.77. The molecule has 0 radical (unpaired) electrons. The third-order valence-corrected chi connectivity index (χ3v) is 4.94. The molecule has 1 aliphatic heterocycles. The van der Waals surface area contributed by atoms with E-state index in [-0.39, 0.29) is 5.82 Å². The second-order valence-electron chi connectivity index (χ2n) is 6.78. The van der Waals surface area contributed by atoms with Gasteiger partial charge in [-0.1, -0.05) is 24.3 Å². The van der Waals surface area contributed by atoms with Crippen LogP contribution in [0.3, 0.4) is 0 Å². The first-order valence-electron chi connectivity index (χ1n) is 8.85. The molecule has 0 saturated heterocycles. The van der Waals surface area contributed by atoms with Crippen LogP contribution < -0.4 is 5.48 Å². The van der Waals surface area contributed by atoms with E-state index in [0.29, 0.717) is 0 Å². The van der Waals surface area contributed by atoms with E-state index in [9.17, 15) is 9.18 Å². The van der Waals surface area contributed by atoms with Gasteiger partial charge in [-0.15, -0.1) is 0 Å². The Morgan fingerprint density at radius 1 is 1.26 bits per heavy atom. The number of nitrogens with one attached hydrogen (secondary N) is 2. The quantitative estimate of drug-likeness (QED) is 0.377. The standard InChI is InChI=1S/C21H20FN3O2/c22-16-6-7-19-17(11-16)18-13-25(10-9-20(18)23-19)12-15-3-1-14(2-4-15)5-8-21(26)24-27/h1-8,11,23,27H,9-10,12-13H2,(H,24,26)/b8-5+. The van der Waals surface area contributed by atoms with Crippen molar-refractivity contribution < 1.29 is 14.4 Å². The number of carbonyl (C=O) groups is 1. The first-order chi connectivity index (χ1) is 13.1. The van der Waals surface area contributed by atoms with Crippen LogP contribution >= 0.6 is 0 Å². The zero-order chi connectivity index (χ0) is 18.8. The first kappa shape index (κ1) is 17.5. The molecular weight excluding hydrogens is 345 g/mol. The fourth-order valence-corrected chi connectivity index (χ4v) is 3.58. The molecule has 3 N–H and O–H groups in total. The highest BCUT2D eigenvalue weighted by atomic mass is 19.1. The van der Waals surface area contributed by atoms with Gasteiger partial charge >= 0.3 is 0 Å². The summed E-state index contributed by atoms with van der Waals surface area (Å²) in [5, 5.41) is 9.46. The van der Waals surface area contributed by atoms with E-state index in [1.165, 1.54) is 29.0 Å². The number of benzene rings is 2. The van der Waals surface area contributed by atoms with E-state index in [1.807, 2.05) is 24.3 Å². The molecule has 5 nitrogen and oxygen atoms in total. The predicted molar refractivity (Wildman–Crippen MR) is 101 cm³/mol. The molecule has 2 heterocycles. The van der Waals surface area contributed by atoms with Gasteiger partial charge in [0.15, 0.2) is 0 Å². The third-order valence-electron chi connectivity index (χ3n) is 4.94. The van der Waals surface area contributed by atoms with Gasteiger partial charge in [0.1, 0.15) is 5.82 Å². The Labute approximate surface area is 156 Å². The van der Waals surface area contributed by atoms with Crippen LogP contribution in [-0.2, 0) is 24.3 Å². The van der Waals surface area contributed by atoms with Crippen molar-refractivity contribution in [2.45, 2.75) is 19.5 Å². The minimum atomic E-state index is -0.557. The maximum absolute atomic E-state index is 13.6. The van der Waals surface area contributed by atoms with E-state index >= 15 is 0 Å². The molecule has 0 unspecified atom stereocenters. The van der Waals surface area contributed by atoms with Crippen molar-refractivity contribution >= 4 is 22.9 Å². The summed E-state index contributed by atoms with van der Waals surface area (Å²) < 4.78 is 13.6. The number of fused-ring (bicyclic) bond motifs is 3. The van der Waals surface area contributed by atoms with Crippen molar-refractivity contribution in [3.63, 3.8) is 0 Å². The van der Waals surface area contributed by atoms with Crippen LogP contribution in [0.25, 0.3) is 17.0 Å². The smallest absolute Gasteiger partial charge is 0.267 e. The highest BCUT2D eigenvalue weighted by Gasteiger charge is 2.21. The summed E-state index contributed by atoms with van der Waals surface area (Å²) in [6, 6.07) is 12.8. The predicted octanol–water partition coefficient (Wildman–Crippen LogP) is 3.38. The van der Waals surface area contributed by atoms with Gasteiger partial charge in [-0.2, -0.15) is 0 Å². The number of carbonyl (C=O) groups excluding carboxylic acids is 1. The molecule has 27 heavy (non-hydrogen) atoms. The van der Waals surface area contributed by atoms with Crippen LogP contribution in [0.4, 0.5) is 4.39 Å². The van der Waals surface area contributed by atoms with Crippen molar-refractivity contribution in [3.8, 4) is 0 Å². The molecular formula is C21H20FN3O2. The van der Waals surface area contributed by atoms with Gasteiger partial charge in [0, 0.05) is 48.7 Å². The Kier molecular flexibility index (Phi) is 4.75. The number of rotatable bonds is 4. The highest BCUT2D eigenvalue weighted by molar-refractivity contribution is 5.90. The highest BCUT2D eigenvalue weighted by Crippen LogP contribution is 2.29. The second kappa shape index (κ2) is 7.34. The minimum absolute atomic E-state index is 0.208. The van der Waals surface area contributed by atoms with Crippen LogP contribution in [0.5, 0.6) is 0 Å². The lowest BCUT2D eigenvalue weighted by Gasteiger charge is -2.27. The van der Waals surface area contributed by atoms with Crippen molar-refractivity contribution in [2.75, 3.05) is 6.54 Å². The minimum Gasteiger partial charge on any atom is -0.358 e. The zero-order valence-electron chi connectivity index (χ0n) is 14.7. The molecule has 1 aromatic heterocycles. The van der Waals surface area contributed by atoms with E-state index in [1.54, 1.807) is 23.7 Å². The maximum Gasteiger partial charge on any atom is 0.267 e. The van der Waals surface area contributed by atoms with E-state index in [2.05, 4.69) is 9.88 Å². The van der Waals surface area contributed by atoms with Crippen molar-refractivity contribution in [3.05, 3.63) is 76.7 Å². The number of hydroxylamine groups is 1.